The first-order valence-corrected chi connectivity index (χ1v) is 8.92. The Morgan fingerprint density at radius 2 is 1.50 bits per heavy atom. The summed E-state index contributed by atoms with van der Waals surface area (Å²) in [7, 11) is 1.80. The highest BCUT2D eigenvalue weighted by Gasteiger charge is 2.02. The minimum atomic E-state index is 0.811. The number of para-hydroxylation sites is 1. The summed E-state index contributed by atoms with van der Waals surface area (Å²) in [5.74, 6) is 0.830. The van der Waals surface area contributed by atoms with Crippen LogP contribution in [0.15, 0.2) is 78.0 Å². The van der Waals surface area contributed by atoms with E-state index in [9.17, 15) is 0 Å². The van der Waals surface area contributed by atoms with Gasteiger partial charge in [-0.05, 0) is 36.1 Å². The fourth-order valence-electron chi connectivity index (χ4n) is 2.73. The summed E-state index contributed by atoms with van der Waals surface area (Å²) in [4.78, 5) is 4.28. The van der Waals surface area contributed by atoms with Gasteiger partial charge in [0.2, 0.25) is 0 Å². The fraction of sp³-hybridized carbons (Fsp3) is 0.238. The van der Waals surface area contributed by atoms with E-state index in [4.69, 9.17) is 0 Å². The fourth-order valence-corrected chi connectivity index (χ4v) is 2.73. The van der Waals surface area contributed by atoms with E-state index < -0.39 is 0 Å². The molecule has 0 radical (unpaired) electrons. The normalized spacial score (nSPS) is 11.3. The molecule has 2 N–H and O–H groups in total. The molecule has 0 bridgehead atoms. The average Bonchev–Trinajstić information content (AvgIpc) is 3.17. The van der Waals surface area contributed by atoms with E-state index in [-0.39, 0.29) is 0 Å². The molecule has 0 amide bonds. The monoisotopic (exact) mass is 347 g/mol. The molecule has 1 aromatic heterocycles. The van der Waals surface area contributed by atoms with E-state index in [0.29, 0.717) is 0 Å². The predicted molar refractivity (Wildman–Crippen MR) is 107 cm³/mol. The van der Waals surface area contributed by atoms with E-state index in [1.165, 1.54) is 11.1 Å². The lowest BCUT2D eigenvalue weighted by Crippen LogP contribution is -2.39. The van der Waals surface area contributed by atoms with Gasteiger partial charge in [0.05, 0.1) is 11.9 Å². The molecule has 1 heterocycles. The van der Waals surface area contributed by atoms with Gasteiger partial charge in [0.1, 0.15) is 0 Å². The van der Waals surface area contributed by atoms with Crippen molar-refractivity contribution in [1.29, 1.82) is 0 Å². The summed E-state index contributed by atoms with van der Waals surface area (Å²) >= 11 is 0. The maximum absolute atomic E-state index is 4.43. The highest BCUT2D eigenvalue weighted by Crippen LogP contribution is 2.07. The molecule has 0 aliphatic rings. The van der Waals surface area contributed by atoms with Crippen molar-refractivity contribution in [3.63, 3.8) is 0 Å². The summed E-state index contributed by atoms with van der Waals surface area (Å²) in [6, 6.07) is 20.6. The molecule has 0 atom stereocenters. The standard InChI is InChI=1S/C21H25N5/c1-22-21(23-14-12-18-8-4-2-5-9-18)24-15-13-19-16-25-26(17-19)20-10-6-3-7-11-20/h2-11,16-17H,12-15H2,1H3,(H2,22,23,24). The van der Waals surface area contributed by atoms with Gasteiger partial charge in [0.15, 0.2) is 5.96 Å². The van der Waals surface area contributed by atoms with Crippen molar-refractivity contribution < 1.29 is 0 Å². The molecule has 134 valence electrons. The lowest BCUT2D eigenvalue weighted by molar-refractivity contribution is 0.784. The van der Waals surface area contributed by atoms with Gasteiger partial charge in [-0.3, -0.25) is 4.99 Å². The Kier molecular flexibility index (Phi) is 6.42. The van der Waals surface area contributed by atoms with Crippen LogP contribution in [0.4, 0.5) is 0 Å². The second-order valence-corrected chi connectivity index (χ2v) is 6.04. The average molecular weight is 347 g/mol. The molecule has 0 saturated carbocycles. The first-order chi connectivity index (χ1) is 12.8. The summed E-state index contributed by atoms with van der Waals surface area (Å²) in [5, 5.41) is 11.1. The van der Waals surface area contributed by atoms with Crippen molar-refractivity contribution in [2.24, 2.45) is 4.99 Å². The van der Waals surface area contributed by atoms with E-state index in [0.717, 1.165) is 37.6 Å². The van der Waals surface area contributed by atoms with Crippen molar-refractivity contribution in [2.45, 2.75) is 12.8 Å². The molecule has 3 rings (SSSR count). The van der Waals surface area contributed by atoms with Gasteiger partial charge in [-0.25, -0.2) is 4.68 Å². The Morgan fingerprint density at radius 1 is 0.885 bits per heavy atom. The third kappa shape index (κ3) is 5.21. The van der Waals surface area contributed by atoms with Crippen LogP contribution >= 0.6 is 0 Å². The molecule has 26 heavy (non-hydrogen) atoms. The van der Waals surface area contributed by atoms with Crippen LogP contribution < -0.4 is 10.6 Å². The van der Waals surface area contributed by atoms with Crippen molar-refractivity contribution >= 4 is 5.96 Å². The molecule has 0 saturated heterocycles. The quantitative estimate of drug-likeness (QED) is 0.510. The van der Waals surface area contributed by atoms with Crippen LogP contribution in [-0.2, 0) is 12.8 Å². The smallest absolute Gasteiger partial charge is 0.190 e. The SMILES string of the molecule is CN=C(NCCc1ccccc1)NCCc1cnn(-c2ccccc2)c1. The third-order valence-corrected chi connectivity index (χ3v) is 4.14. The number of hydrogen-bond acceptors (Lipinski definition) is 2. The zero-order valence-corrected chi connectivity index (χ0v) is 15.1. The second kappa shape index (κ2) is 9.42. The number of aliphatic imine (C=N–C) groups is 1. The van der Waals surface area contributed by atoms with E-state index >= 15 is 0 Å². The van der Waals surface area contributed by atoms with Crippen LogP contribution in [0, 0.1) is 0 Å². The van der Waals surface area contributed by atoms with Gasteiger partial charge in [-0.2, -0.15) is 5.10 Å². The number of hydrogen-bond donors (Lipinski definition) is 2. The third-order valence-electron chi connectivity index (χ3n) is 4.14. The molecule has 0 spiro atoms. The maximum Gasteiger partial charge on any atom is 0.190 e. The van der Waals surface area contributed by atoms with E-state index in [2.05, 4.69) is 51.2 Å². The van der Waals surface area contributed by atoms with Crippen molar-refractivity contribution in [1.82, 2.24) is 20.4 Å². The van der Waals surface area contributed by atoms with Crippen LogP contribution in [-0.4, -0.2) is 35.9 Å². The lowest BCUT2D eigenvalue weighted by atomic mass is 10.1. The Hall–Kier alpha value is -3.08. The van der Waals surface area contributed by atoms with E-state index in [1.54, 1.807) is 7.05 Å². The van der Waals surface area contributed by atoms with Crippen LogP contribution in [0.3, 0.4) is 0 Å². The molecular weight excluding hydrogens is 322 g/mol. The Morgan fingerprint density at radius 3 is 2.15 bits per heavy atom. The molecule has 0 fully saturated rings. The molecule has 2 aromatic carbocycles. The predicted octanol–water partition coefficient (Wildman–Crippen LogP) is 2.82. The number of guanidine groups is 1. The maximum atomic E-state index is 4.43. The molecular formula is C21H25N5. The zero-order valence-electron chi connectivity index (χ0n) is 15.1. The van der Waals surface area contributed by atoms with Gasteiger partial charge in [0.25, 0.3) is 0 Å². The summed E-state index contributed by atoms with van der Waals surface area (Å²) in [5.41, 5.74) is 3.59. The molecule has 0 aliphatic carbocycles. The number of aromatic nitrogens is 2. The first kappa shape index (κ1) is 17.7. The number of benzene rings is 2. The number of rotatable bonds is 7. The molecule has 3 aromatic rings. The topological polar surface area (TPSA) is 54.2 Å². The largest absolute Gasteiger partial charge is 0.356 e. The Balaban J connectivity index is 1.41. The zero-order chi connectivity index (χ0) is 18.0. The lowest BCUT2D eigenvalue weighted by Gasteiger charge is -2.11. The highest BCUT2D eigenvalue weighted by atomic mass is 15.3. The summed E-state index contributed by atoms with van der Waals surface area (Å²) in [6.07, 6.45) is 5.86. The molecule has 5 heteroatoms. The van der Waals surface area contributed by atoms with E-state index in [1.807, 2.05) is 47.3 Å². The van der Waals surface area contributed by atoms with Crippen LogP contribution in [0.1, 0.15) is 11.1 Å². The second-order valence-electron chi connectivity index (χ2n) is 6.04. The molecule has 0 aliphatic heterocycles. The number of nitrogens with one attached hydrogen (secondary N) is 2. The first-order valence-electron chi connectivity index (χ1n) is 8.92. The Bertz CT molecular complexity index is 809. The van der Waals surface area contributed by atoms with Crippen LogP contribution in [0.2, 0.25) is 0 Å². The van der Waals surface area contributed by atoms with Crippen molar-refractivity contribution in [2.75, 3.05) is 20.1 Å². The molecule has 5 nitrogen and oxygen atoms in total. The number of nitrogens with zero attached hydrogens (tertiary/aromatic N) is 3. The van der Waals surface area contributed by atoms with Crippen LogP contribution in [0.5, 0.6) is 0 Å². The van der Waals surface area contributed by atoms with Crippen LogP contribution in [0.25, 0.3) is 5.69 Å². The van der Waals surface area contributed by atoms with Gasteiger partial charge in [0, 0.05) is 26.3 Å². The van der Waals surface area contributed by atoms with Gasteiger partial charge < -0.3 is 10.6 Å². The highest BCUT2D eigenvalue weighted by molar-refractivity contribution is 5.79. The van der Waals surface area contributed by atoms with Gasteiger partial charge in [-0.15, -0.1) is 0 Å². The van der Waals surface area contributed by atoms with Crippen molar-refractivity contribution in [3.8, 4) is 5.69 Å². The summed E-state index contributed by atoms with van der Waals surface area (Å²) in [6.45, 7) is 1.67. The summed E-state index contributed by atoms with van der Waals surface area (Å²) < 4.78 is 1.91. The Labute approximate surface area is 154 Å². The van der Waals surface area contributed by atoms with Crippen molar-refractivity contribution in [3.05, 3.63) is 84.2 Å². The van der Waals surface area contributed by atoms with Gasteiger partial charge in [-0.1, -0.05) is 48.5 Å². The molecule has 0 unspecified atom stereocenters. The minimum Gasteiger partial charge on any atom is -0.356 e. The minimum absolute atomic E-state index is 0.811. The van der Waals surface area contributed by atoms with Gasteiger partial charge >= 0.3 is 0 Å².